The average Bonchev–Trinajstić information content (AvgIpc) is 1.46. The van der Waals surface area contributed by atoms with Gasteiger partial charge in [-0.2, -0.15) is 0 Å². The van der Waals surface area contributed by atoms with Crippen LogP contribution in [0.3, 0.4) is 0 Å². The fourth-order valence-corrected chi connectivity index (χ4v) is 0. The maximum Gasteiger partial charge on any atom is -0.0106 e. The molecule has 0 bridgehead atoms. The zero-order chi connectivity index (χ0) is 4.71. The van der Waals surface area contributed by atoms with E-state index in [4.69, 9.17) is 5.73 Å². The van der Waals surface area contributed by atoms with E-state index in [1.54, 1.807) is 0 Å². The van der Waals surface area contributed by atoms with E-state index in [9.17, 15) is 0 Å². The zero-order valence-electron chi connectivity index (χ0n) is 3.86. The van der Waals surface area contributed by atoms with Crippen LogP contribution < -0.4 is 11.5 Å². The molecule has 4 N–H and O–H groups in total. The highest BCUT2D eigenvalue weighted by molar-refractivity contribution is 4.00. The van der Waals surface area contributed by atoms with Crippen molar-refractivity contribution in [3.8, 4) is 0 Å². The van der Waals surface area contributed by atoms with Crippen LogP contribution in [-0.2, 0) is 0 Å². The van der Waals surface area contributed by atoms with Crippen LogP contribution in [0.4, 0.5) is 0 Å². The molecule has 0 aromatic carbocycles. The summed E-state index contributed by atoms with van der Waals surface area (Å²) in [4.78, 5) is 0. The van der Waals surface area contributed by atoms with Gasteiger partial charge in [-0.1, -0.05) is 21.8 Å². The van der Waals surface area contributed by atoms with E-state index in [0.29, 0.717) is 0 Å². The van der Waals surface area contributed by atoms with Gasteiger partial charge in [0.05, 0.1) is 0 Å². The summed E-state index contributed by atoms with van der Waals surface area (Å²) in [5.41, 5.74) is 9.35. The smallest absolute Gasteiger partial charge is 0.0106 e. The first kappa shape index (κ1) is 28.4. The molecule has 0 atom stereocenters. The molecule has 0 saturated heterocycles. The standard InChI is InChI=1S/C2H7N.CH5N.2CH4/c1-2-3;1-2;;/h2-3H2,1H3;2H2,1H3;2*1H4. The Labute approximate surface area is 47.9 Å². The van der Waals surface area contributed by atoms with Crippen molar-refractivity contribution in [2.75, 3.05) is 13.6 Å². The summed E-state index contributed by atoms with van der Waals surface area (Å²) in [6.45, 7) is 2.65. The summed E-state index contributed by atoms with van der Waals surface area (Å²) < 4.78 is 0. The highest BCUT2D eigenvalue weighted by atomic mass is 14.5. The van der Waals surface area contributed by atoms with Gasteiger partial charge in [-0.15, -0.1) is 0 Å². The zero-order valence-corrected chi connectivity index (χ0v) is 3.86. The summed E-state index contributed by atoms with van der Waals surface area (Å²) in [5, 5.41) is 0. The molecule has 0 amide bonds. The van der Waals surface area contributed by atoms with E-state index in [1.165, 1.54) is 7.05 Å². The number of rotatable bonds is 0. The Morgan fingerprint density at radius 2 is 1.14 bits per heavy atom. The molecule has 2 nitrogen and oxygen atoms in total. The molecular formula is C5H20N2. The van der Waals surface area contributed by atoms with Crippen LogP contribution in [0, 0.1) is 0 Å². The first-order valence-corrected chi connectivity index (χ1v) is 1.69. The van der Waals surface area contributed by atoms with E-state index in [1.807, 2.05) is 6.92 Å². The van der Waals surface area contributed by atoms with Gasteiger partial charge in [0.15, 0.2) is 0 Å². The van der Waals surface area contributed by atoms with E-state index in [0.717, 1.165) is 6.54 Å². The molecule has 0 fully saturated rings. The van der Waals surface area contributed by atoms with Gasteiger partial charge >= 0.3 is 0 Å². The molecule has 0 aliphatic heterocycles. The first-order valence-electron chi connectivity index (χ1n) is 1.69. The van der Waals surface area contributed by atoms with Gasteiger partial charge in [-0.05, 0) is 13.6 Å². The molecule has 0 aromatic rings. The van der Waals surface area contributed by atoms with Crippen molar-refractivity contribution in [1.29, 1.82) is 0 Å². The van der Waals surface area contributed by atoms with Crippen LogP contribution >= 0.6 is 0 Å². The Morgan fingerprint density at radius 1 is 1.14 bits per heavy atom. The summed E-state index contributed by atoms with van der Waals surface area (Å²) in [5.74, 6) is 0. The van der Waals surface area contributed by atoms with Crippen LogP contribution in [0.25, 0.3) is 0 Å². The molecule has 0 aliphatic rings. The van der Waals surface area contributed by atoms with Crippen LogP contribution in [0.1, 0.15) is 21.8 Å². The average molecular weight is 108 g/mol. The molecule has 0 aliphatic carbocycles. The van der Waals surface area contributed by atoms with Gasteiger partial charge in [0, 0.05) is 0 Å². The third-order valence-electron chi connectivity index (χ3n) is 0. The van der Waals surface area contributed by atoms with E-state index in [2.05, 4.69) is 5.73 Å². The van der Waals surface area contributed by atoms with Crippen molar-refractivity contribution >= 4 is 0 Å². The van der Waals surface area contributed by atoms with Crippen molar-refractivity contribution in [1.82, 2.24) is 0 Å². The lowest BCUT2D eigenvalue weighted by molar-refractivity contribution is 1.14. The third-order valence-corrected chi connectivity index (χ3v) is 0. The Kier molecular flexibility index (Phi) is 688. The van der Waals surface area contributed by atoms with Gasteiger partial charge in [0.2, 0.25) is 0 Å². The van der Waals surface area contributed by atoms with Crippen molar-refractivity contribution in [2.24, 2.45) is 11.5 Å². The minimum absolute atomic E-state index is 0. The quantitative estimate of drug-likeness (QED) is 0.482. The molecule has 0 heterocycles. The fourth-order valence-electron chi connectivity index (χ4n) is 0. The molecule has 0 saturated carbocycles. The van der Waals surface area contributed by atoms with Gasteiger partial charge in [0.25, 0.3) is 0 Å². The summed E-state index contributed by atoms with van der Waals surface area (Å²) >= 11 is 0. The van der Waals surface area contributed by atoms with Gasteiger partial charge in [0.1, 0.15) is 0 Å². The normalized spacial score (nSPS) is 3.43. The lowest BCUT2D eigenvalue weighted by Gasteiger charge is -1.53. The second kappa shape index (κ2) is 169. The highest BCUT2D eigenvalue weighted by Crippen LogP contribution is 1.20. The molecule has 0 radical (unpaired) electrons. The van der Waals surface area contributed by atoms with E-state index >= 15 is 0 Å². The van der Waals surface area contributed by atoms with Gasteiger partial charge in [-0.25, -0.2) is 0 Å². The highest BCUT2D eigenvalue weighted by Gasteiger charge is 1.32. The molecule has 7 heavy (non-hydrogen) atoms. The Morgan fingerprint density at radius 3 is 1.14 bits per heavy atom. The van der Waals surface area contributed by atoms with Crippen molar-refractivity contribution in [3.05, 3.63) is 0 Å². The van der Waals surface area contributed by atoms with Crippen LogP contribution in [0.5, 0.6) is 0 Å². The second-order valence-electron chi connectivity index (χ2n) is 0.408. The first-order chi connectivity index (χ1) is 2.41. The maximum absolute atomic E-state index is 4.85. The monoisotopic (exact) mass is 108 g/mol. The van der Waals surface area contributed by atoms with Crippen molar-refractivity contribution in [2.45, 2.75) is 21.8 Å². The van der Waals surface area contributed by atoms with Crippen LogP contribution in [0.2, 0.25) is 0 Å². The largest absolute Gasteiger partial charge is 0.333 e. The lowest BCUT2D eigenvalue weighted by Crippen LogP contribution is -1.87. The lowest BCUT2D eigenvalue weighted by atomic mass is 10.8. The van der Waals surface area contributed by atoms with Crippen molar-refractivity contribution in [3.63, 3.8) is 0 Å². The minimum atomic E-state index is 0. The summed E-state index contributed by atoms with van der Waals surface area (Å²) in [7, 11) is 1.50. The SMILES string of the molecule is C.C.CCN.CN. The van der Waals surface area contributed by atoms with Gasteiger partial charge < -0.3 is 11.5 Å². The third kappa shape index (κ3) is 14200. The molecule has 0 unspecified atom stereocenters. The number of hydrogen-bond acceptors (Lipinski definition) is 2. The molecule has 2 heteroatoms. The summed E-state index contributed by atoms with van der Waals surface area (Å²) in [6, 6.07) is 0. The van der Waals surface area contributed by atoms with Crippen LogP contribution in [-0.4, -0.2) is 13.6 Å². The molecular weight excluding hydrogens is 88.1 g/mol. The topological polar surface area (TPSA) is 52.0 Å². The van der Waals surface area contributed by atoms with Gasteiger partial charge in [-0.3, -0.25) is 0 Å². The van der Waals surface area contributed by atoms with Crippen LogP contribution in [0.15, 0.2) is 0 Å². The van der Waals surface area contributed by atoms with Crippen molar-refractivity contribution < 1.29 is 0 Å². The fraction of sp³-hybridized carbons (Fsp3) is 1.00. The number of nitrogens with two attached hydrogens (primary N) is 2. The molecule has 0 rings (SSSR count). The molecule has 0 aromatic heterocycles. The predicted octanol–water partition coefficient (Wildman–Crippen LogP) is 0.812. The maximum atomic E-state index is 4.85. The second-order valence-corrected chi connectivity index (χ2v) is 0.408. The number of hydrogen-bond donors (Lipinski definition) is 2. The molecule has 50 valence electrons. The van der Waals surface area contributed by atoms with E-state index < -0.39 is 0 Å². The minimum Gasteiger partial charge on any atom is -0.333 e. The molecule has 0 spiro atoms. The summed E-state index contributed by atoms with van der Waals surface area (Å²) in [6.07, 6.45) is 0. The Balaban J connectivity index is -0.0000000105. The van der Waals surface area contributed by atoms with E-state index in [-0.39, 0.29) is 14.9 Å². The Hall–Kier alpha value is -0.0800. The predicted molar refractivity (Wildman–Crippen MR) is 38.3 cm³/mol. The Bertz CT molecular complexity index is 6.04.